The first-order chi connectivity index (χ1) is 12.6. The molecule has 4 rings (SSSR count). The van der Waals surface area contributed by atoms with Gasteiger partial charge in [0.05, 0.1) is 29.4 Å². The molecule has 0 aliphatic heterocycles. The standard InChI is InChI=1S/C20H14ClN3O2/c21-17-9-5-4-8-14(17)12-24-19-16(11-22-24)15(20(25)26)10-18(23-19)13-6-2-1-3-7-13/h1-11H,12H2,(H,25,26). The van der Waals surface area contributed by atoms with E-state index in [0.29, 0.717) is 28.3 Å². The highest BCUT2D eigenvalue weighted by atomic mass is 35.5. The summed E-state index contributed by atoms with van der Waals surface area (Å²) < 4.78 is 1.68. The number of benzene rings is 2. The van der Waals surface area contributed by atoms with E-state index < -0.39 is 5.97 Å². The van der Waals surface area contributed by atoms with Gasteiger partial charge in [0.25, 0.3) is 0 Å². The van der Waals surface area contributed by atoms with Gasteiger partial charge in [0, 0.05) is 10.6 Å². The summed E-state index contributed by atoms with van der Waals surface area (Å²) >= 11 is 6.25. The summed E-state index contributed by atoms with van der Waals surface area (Å²) in [6.07, 6.45) is 1.54. The Hall–Kier alpha value is -3.18. The summed E-state index contributed by atoms with van der Waals surface area (Å²) in [5.41, 5.74) is 3.03. The van der Waals surface area contributed by atoms with E-state index >= 15 is 0 Å². The smallest absolute Gasteiger partial charge is 0.336 e. The Balaban J connectivity index is 1.89. The molecule has 0 spiro atoms. The first-order valence-corrected chi connectivity index (χ1v) is 8.40. The summed E-state index contributed by atoms with van der Waals surface area (Å²) in [4.78, 5) is 16.4. The largest absolute Gasteiger partial charge is 0.478 e. The van der Waals surface area contributed by atoms with Gasteiger partial charge in [-0.15, -0.1) is 0 Å². The fourth-order valence-corrected chi connectivity index (χ4v) is 3.08. The predicted molar refractivity (Wildman–Crippen MR) is 100 cm³/mol. The minimum Gasteiger partial charge on any atom is -0.478 e. The molecule has 2 heterocycles. The van der Waals surface area contributed by atoms with Crippen molar-refractivity contribution in [2.75, 3.05) is 0 Å². The molecule has 0 unspecified atom stereocenters. The van der Waals surface area contributed by atoms with Gasteiger partial charge in [0.15, 0.2) is 5.65 Å². The Labute approximate surface area is 154 Å². The average molecular weight is 364 g/mol. The molecule has 2 aromatic heterocycles. The van der Waals surface area contributed by atoms with Gasteiger partial charge in [-0.3, -0.25) is 0 Å². The molecule has 0 radical (unpaired) electrons. The number of rotatable bonds is 4. The second-order valence-corrected chi connectivity index (χ2v) is 6.26. The molecular weight excluding hydrogens is 350 g/mol. The number of fused-ring (bicyclic) bond motifs is 1. The number of halogens is 1. The van der Waals surface area contributed by atoms with E-state index in [1.165, 1.54) is 6.20 Å². The maximum absolute atomic E-state index is 11.7. The summed E-state index contributed by atoms with van der Waals surface area (Å²) in [5.74, 6) is -1.01. The lowest BCUT2D eigenvalue weighted by Gasteiger charge is -2.08. The molecule has 0 saturated carbocycles. The van der Waals surface area contributed by atoms with Crippen molar-refractivity contribution in [3.8, 4) is 11.3 Å². The predicted octanol–water partition coefficient (Wildman–Crippen LogP) is 4.50. The van der Waals surface area contributed by atoms with E-state index in [4.69, 9.17) is 11.6 Å². The summed E-state index contributed by atoms with van der Waals surface area (Å²) in [6.45, 7) is 0.410. The molecule has 4 aromatic rings. The molecule has 0 amide bonds. The van der Waals surface area contributed by atoms with Gasteiger partial charge in [-0.1, -0.05) is 60.1 Å². The average Bonchev–Trinajstić information content (AvgIpc) is 3.06. The molecule has 0 aliphatic carbocycles. The van der Waals surface area contributed by atoms with E-state index in [0.717, 1.165) is 11.1 Å². The van der Waals surface area contributed by atoms with Crippen molar-refractivity contribution in [2.45, 2.75) is 6.54 Å². The maximum atomic E-state index is 11.7. The normalized spacial score (nSPS) is 11.0. The number of carbonyl (C=O) groups is 1. The number of aromatic nitrogens is 3. The van der Waals surface area contributed by atoms with Crippen molar-refractivity contribution in [2.24, 2.45) is 0 Å². The van der Waals surface area contributed by atoms with E-state index in [2.05, 4.69) is 10.1 Å². The van der Waals surface area contributed by atoms with Crippen LogP contribution in [0.4, 0.5) is 0 Å². The molecule has 0 bridgehead atoms. The SMILES string of the molecule is O=C(O)c1cc(-c2ccccc2)nc2c1cnn2Cc1ccccc1Cl. The monoisotopic (exact) mass is 363 g/mol. The van der Waals surface area contributed by atoms with E-state index in [9.17, 15) is 9.90 Å². The molecule has 26 heavy (non-hydrogen) atoms. The fourth-order valence-electron chi connectivity index (χ4n) is 2.89. The van der Waals surface area contributed by atoms with Gasteiger partial charge in [0.2, 0.25) is 0 Å². The molecule has 6 heteroatoms. The van der Waals surface area contributed by atoms with Crippen LogP contribution in [0.25, 0.3) is 22.3 Å². The molecule has 1 N–H and O–H groups in total. The van der Waals surface area contributed by atoms with Crippen molar-refractivity contribution in [3.63, 3.8) is 0 Å². The van der Waals surface area contributed by atoms with Gasteiger partial charge in [-0.05, 0) is 17.7 Å². The Morgan fingerprint density at radius 2 is 1.81 bits per heavy atom. The van der Waals surface area contributed by atoms with Crippen LogP contribution >= 0.6 is 11.6 Å². The Kier molecular flexibility index (Phi) is 4.14. The van der Waals surface area contributed by atoms with Crippen LogP contribution < -0.4 is 0 Å². The van der Waals surface area contributed by atoms with Gasteiger partial charge in [-0.25, -0.2) is 14.5 Å². The van der Waals surface area contributed by atoms with Crippen LogP contribution in [-0.4, -0.2) is 25.8 Å². The zero-order valence-corrected chi connectivity index (χ0v) is 14.4. The van der Waals surface area contributed by atoms with E-state index in [1.807, 2.05) is 54.6 Å². The topological polar surface area (TPSA) is 68.0 Å². The van der Waals surface area contributed by atoms with Crippen molar-refractivity contribution < 1.29 is 9.90 Å². The highest BCUT2D eigenvalue weighted by molar-refractivity contribution is 6.31. The highest BCUT2D eigenvalue weighted by Gasteiger charge is 2.17. The molecule has 0 atom stereocenters. The minimum atomic E-state index is -1.01. The summed E-state index contributed by atoms with van der Waals surface area (Å²) in [7, 11) is 0. The number of carboxylic acids is 1. The van der Waals surface area contributed by atoms with Crippen LogP contribution in [0, 0.1) is 0 Å². The third kappa shape index (κ3) is 2.93. The van der Waals surface area contributed by atoms with Gasteiger partial charge < -0.3 is 5.11 Å². The quantitative estimate of drug-likeness (QED) is 0.579. The Morgan fingerprint density at radius 1 is 1.08 bits per heavy atom. The summed E-state index contributed by atoms with van der Waals surface area (Å²) in [5, 5.41) is 15.1. The maximum Gasteiger partial charge on any atom is 0.336 e. The van der Waals surface area contributed by atoms with Crippen molar-refractivity contribution >= 4 is 28.6 Å². The lowest BCUT2D eigenvalue weighted by Crippen LogP contribution is -2.05. The van der Waals surface area contributed by atoms with Crippen LogP contribution in [0.1, 0.15) is 15.9 Å². The lowest BCUT2D eigenvalue weighted by molar-refractivity contribution is 0.0699. The number of aromatic carboxylic acids is 1. The number of carboxylic acid groups (broad SMARTS) is 1. The Bertz CT molecular complexity index is 1110. The second-order valence-electron chi connectivity index (χ2n) is 5.86. The molecule has 0 saturated heterocycles. The molecule has 5 nitrogen and oxygen atoms in total. The van der Waals surface area contributed by atoms with Crippen LogP contribution in [-0.2, 0) is 6.54 Å². The lowest BCUT2D eigenvalue weighted by atomic mass is 10.1. The Morgan fingerprint density at radius 3 is 2.54 bits per heavy atom. The number of hydrogen-bond donors (Lipinski definition) is 1. The molecule has 0 fully saturated rings. The summed E-state index contributed by atoms with van der Waals surface area (Å²) in [6, 6.07) is 18.6. The van der Waals surface area contributed by atoms with E-state index in [1.54, 1.807) is 10.7 Å². The third-order valence-corrected chi connectivity index (χ3v) is 4.56. The third-order valence-electron chi connectivity index (χ3n) is 4.19. The van der Waals surface area contributed by atoms with Crippen molar-refractivity contribution in [1.29, 1.82) is 0 Å². The highest BCUT2D eigenvalue weighted by Crippen LogP contribution is 2.26. The number of hydrogen-bond acceptors (Lipinski definition) is 3. The van der Waals surface area contributed by atoms with E-state index in [-0.39, 0.29) is 5.56 Å². The fraction of sp³-hybridized carbons (Fsp3) is 0.0500. The van der Waals surface area contributed by atoms with Crippen LogP contribution in [0.5, 0.6) is 0 Å². The first kappa shape index (κ1) is 16.3. The van der Waals surface area contributed by atoms with Crippen LogP contribution in [0.15, 0.2) is 66.9 Å². The molecular formula is C20H14ClN3O2. The van der Waals surface area contributed by atoms with Crippen LogP contribution in [0.2, 0.25) is 5.02 Å². The molecule has 0 aliphatic rings. The molecule has 2 aromatic carbocycles. The van der Waals surface area contributed by atoms with Crippen molar-refractivity contribution in [3.05, 3.63) is 83.0 Å². The minimum absolute atomic E-state index is 0.180. The molecule has 128 valence electrons. The number of pyridine rings is 1. The van der Waals surface area contributed by atoms with Gasteiger partial charge in [-0.2, -0.15) is 5.10 Å². The van der Waals surface area contributed by atoms with Gasteiger partial charge >= 0.3 is 5.97 Å². The van der Waals surface area contributed by atoms with Gasteiger partial charge in [0.1, 0.15) is 0 Å². The zero-order chi connectivity index (χ0) is 18.1. The zero-order valence-electron chi connectivity index (χ0n) is 13.6. The number of nitrogens with zero attached hydrogens (tertiary/aromatic N) is 3. The first-order valence-electron chi connectivity index (χ1n) is 8.02. The second kappa shape index (κ2) is 6.61. The van der Waals surface area contributed by atoms with Crippen molar-refractivity contribution in [1.82, 2.24) is 14.8 Å². The van der Waals surface area contributed by atoms with Crippen LogP contribution in [0.3, 0.4) is 0 Å².